The Morgan fingerprint density at radius 3 is 2.88 bits per heavy atom. The Morgan fingerprint density at radius 2 is 2.17 bits per heavy atom. The zero-order valence-electron chi connectivity index (χ0n) is 13.7. The van der Waals surface area contributed by atoms with Crippen molar-refractivity contribution in [2.75, 3.05) is 19.6 Å². The second-order valence-corrected chi connectivity index (χ2v) is 6.12. The van der Waals surface area contributed by atoms with Crippen LogP contribution in [-0.4, -0.2) is 35.6 Å². The minimum absolute atomic E-state index is 0.233. The van der Waals surface area contributed by atoms with Gasteiger partial charge in [0.05, 0.1) is 11.3 Å². The predicted octanol–water partition coefficient (Wildman–Crippen LogP) is 3.46. The Labute approximate surface area is 138 Å². The van der Waals surface area contributed by atoms with Crippen LogP contribution < -0.4 is 5.32 Å². The molecule has 3 rings (SSSR count). The van der Waals surface area contributed by atoms with E-state index < -0.39 is 11.7 Å². The molecular weight excluding hydrogens is 319 g/mol. The molecule has 0 spiro atoms. The van der Waals surface area contributed by atoms with Gasteiger partial charge < -0.3 is 9.73 Å². The molecule has 2 aromatic rings. The molecule has 1 aromatic heterocycles. The smallest absolute Gasteiger partial charge is 0.416 e. The summed E-state index contributed by atoms with van der Waals surface area (Å²) in [4.78, 5) is 6.72. The van der Waals surface area contributed by atoms with Crippen molar-refractivity contribution in [3.8, 4) is 11.5 Å². The summed E-state index contributed by atoms with van der Waals surface area (Å²) in [5.41, 5.74) is 0.414. The summed E-state index contributed by atoms with van der Waals surface area (Å²) in [5, 5.41) is 3.32. The van der Waals surface area contributed by atoms with Crippen molar-refractivity contribution >= 4 is 0 Å². The van der Waals surface area contributed by atoms with E-state index in [0.29, 0.717) is 23.9 Å². The number of aryl methyl sites for hydroxylation is 1. The van der Waals surface area contributed by atoms with Crippen LogP contribution in [-0.2, 0) is 12.7 Å². The normalized spacial score (nSPS) is 19.6. The third kappa shape index (κ3) is 3.62. The van der Waals surface area contributed by atoms with Crippen LogP contribution in [0.5, 0.6) is 0 Å². The van der Waals surface area contributed by atoms with Gasteiger partial charge in [0, 0.05) is 37.8 Å². The SMILES string of the molecule is Cc1oc(-c2cccc(C(F)(F)F)c2)nc1CN1CCNC[C@H]1C. The van der Waals surface area contributed by atoms with Crippen LogP contribution in [0, 0.1) is 6.92 Å². The number of hydrogen-bond acceptors (Lipinski definition) is 4. The Hall–Kier alpha value is -1.86. The minimum Gasteiger partial charge on any atom is -0.441 e. The maximum atomic E-state index is 12.9. The van der Waals surface area contributed by atoms with Crippen molar-refractivity contribution in [1.82, 2.24) is 15.2 Å². The topological polar surface area (TPSA) is 41.3 Å². The van der Waals surface area contributed by atoms with Crippen LogP contribution >= 0.6 is 0 Å². The highest BCUT2D eigenvalue weighted by Gasteiger charge is 2.31. The molecule has 0 saturated carbocycles. The number of hydrogen-bond donors (Lipinski definition) is 1. The van der Waals surface area contributed by atoms with E-state index in [1.807, 2.05) is 0 Å². The maximum Gasteiger partial charge on any atom is 0.416 e. The van der Waals surface area contributed by atoms with Gasteiger partial charge in [-0.2, -0.15) is 13.2 Å². The van der Waals surface area contributed by atoms with E-state index >= 15 is 0 Å². The van der Waals surface area contributed by atoms with Crippen molar-refractivity contribution in [2.45, 2.75) is 32.6 Å². The third-order valence-electron chi connectivity index (χ3n) is 4.32. The van der Waals surface area contributed by atoms with E-state index in [-0.39, 0.29) is 5.89 Å². The molecule has 0 bridgehead atoms. The highest BCUT2D eigenvalue weighted by atomic mass is 19.4. The summed E-state index contributed by atoms with van der Waals surface area (Å²) in [6, 6.07) is 5.45. The van der Waals surface area contributed by atoms with Crippen molar-refractivity contribution in [3.05, 3.63) is 41.3 Å². The summed E-state index contributed by atoms with van der Waals surface area (Å²) >= 11 is 0. The lowest BCUT2D eigenvalue weighted by molar-refractivity contribution is -0.137. The molecule has 1 aliphatic rings. The fourth-order valence-corrected chi connectivity index (χ4v) is 2.84. The van der Waals surface area contributed by atoms with Crippen LogP contribution in [0.3, 0.4) is 0 Å². The highest BCUT2D eigenvalue weighted by Crippen LogP contribution is 2.32. The third-order valence-corrected chi connectivity index (χ3v) is 4.32. The number of piperazine rings is 1. The van der Waals surface area contributed by atoms with Gasteiger partial charge in [0.1, 0.15) is 5.76 Å². The van der Waals surface area contributed by atoms with E-state index in [1.165, 1.54) is 6.07 Å². The monoisotopic (exact) mass is 339 g/mol. The molecule has 24 heavy (non-hydrogen) atoms. The number of halogens is 3. The summed E-state index contributed by atoms with van der Waals surface area (Å²) in [5.74, 6) is 0.879. The van der Waals surface area contributed by atoms with Gasteiger partial charge in [0.2, 0.25) is 5.89 Å². The first-order chi connectivity index (χ1) is 11.3. The van der Waals surface area contributed by atoms with Crippen molar-refractivity contribution < 1.29 is 17.6 Å². The summed E-state index contributed by atoms with van der Waals surface area (Å²) in [6.45, 7) is 7.31. The molecule has 7 heteroatoms. The van der Waals surface area contributed by atoms with E-state index in [9.17, 15) is 13.2 Å². The molecule has 1 fully saturated rings. The fourth-order valence-electron chi connectivity index (χ4n) is 2.84. The molecule has 4 nitrogen and oxygen atoms in total. The summed E-state index contributed by atoms with van der Waals surface area (Å²) < 4.78 is 44.2. The van der Waals surface area contributed by atoms with Gasteiger partial charge in [0.25, 0.3) is 0 Å². The largest absolute Gasteiger partial charge is 0.441 e. The Kier molecular flexibility index (Phi) is 4.64. The second kappa shape index (κ2) is 6.57. The molecule has 1 saturated heterocycles. The molecule has 1 aromatic carbocycles. The zero-order valence-corrected chi connectivity index (χ0v) is 13.7. The number of nitrogens with one attached hydrogen (secondary N) is 1. The molecule has 0 unspecified atom stereocenters. The van der Waals surface area contributed by atoms with E-state index in [1.54, 1.807) is 13.0 Å². The van der Waals surface area contributed by atoms with Gasteiger partial charge in [0.15, 0.2) is 0 Å². The lowest BCUT2D eigenvalue weighted by Gasteiger charge is -2.33. The molecule has 2 heterocycles. The molecule has 0 amide bonds. The number of aromatic nitrogens is 1. The molecule has 1 N–H and O–H groups in total. The van der Waals surface area contributed by atoms with Crippen molar-refractivity contribution in [1.29, 1.82) is 0 Å². The quantitative estimate of drug-likeness (QED) is 0.930. The molecule has 0 radical (unpaired) electrons. The first-order valence-electron chi connectivity index (χ1n) is 7.93. The summed E-state index contributed by atoms with van der Waals surface area (Å²) in [6.07, 6.45) is -4.38. The number of nitrogens with zero attached hydrogens (tertiary/aromatic N) is 2. The first-order valence-corrected chi connectivity index (χ1v) is 7.93. The van der Waals surface area contributed by atoms with E-state index in [4.69, 9.17) is 4.42 Å². The van der Waals surface area contributed by atoms with Gasteiger partial charge >= 0.3 is 6.18 Å². The second-order valence-electron chi connectivity index (χ2n) is 6.12. The molecule has 1 aliphatic heterocycles. The van der Waals surface area contributed by atoms with Gasteiger partial charge in [-0.15, -0.1) is 0 Å². The minimum atomic E-state index is -4.38. The highest BCUT2D eigenvalue weighted by molar-refractivity contribution is 5.55. The average Bonchev–Trinajstić information content (AvgIpc) is 2.90. The van der Waals surface area contributed by atoms with Crippen LogP contribution in [0.15, 0.2) is 28.7 Å². The maximum absolute atomic E-state index is 12.9. The molecule has 130 valence electrons. The Morgan fingerprint density at radius 1 is 1.38 bits per heavy atom. The lowest BCUT2D eigenvalue weighted by atomic mass is 10.1. The fraction of sp³-hybridized carbons (Fsp3) is 0.471. The Bertz CT molecular complexity index is 711. The zero-order chi connectivity index (χ0) is 17.3. The number of alkyl halides is 3. The van der Waals surface area contributed by atoms with Gasteiger partial charge in [-0.1, -0.05) is 6.07 Å². The summed E-state index contributed by atoms with van der Waals surface area (Å²) in [7, 11) is 0. The van der Waals surface area contributed by atoms with Crippen LogP contribution in [0.25, 0.3) is 11.5 Å². The van der Waals surface area contributed by atoms with Gasteiger partial charge in [-0.3, -0.25) is 4.90 Å². The molecular formula is C17H20F3N3O. The molecule has 1 atom stereocenters. The van der Waals surface area contributed by atoms with Gasteiger partial charge in [-0.05, 0) is 32.0 Å². The first kappa shape index (κ1) is 17.0. The van der Waals surface area contributed by atoms with Crippen LogP contribution in [0.4, 0.5) is 13.2 Å². The van der Waals surface area contributed by atoms with E-state index in [0.717, 1.165) is 37.5 Å². The predicted molar refractivity (Wildman–Crippen MR) is 84.4 cm³/mol. The van der Waals surface area contributed by atoms with Crippen LogP contribution in [0.2, 0.25) is 0 Å². The van der Waals surface area contributed by atoms with Crippen LogP contribution in [0.1, 0.15) is 23.9 Å². The number of benzene rings is 1. The van der Waals surface area contributed by atoms with Crippen molar-refractivity contribution in [3.63, 3.8) is 0 Å². The number of rotatable bonds is 3. The Balaban J connectivity index is 1.84. The van der Waals surface area contributed by atoms with E-state index in [2.05, 4.69) is 22.1 Å². The number of oxazole rings is 1. The van der Waals surface area contributed by atoms with Gasteiger partial charge in [-0.25, -0.2) is 4.98 Å². The lowest BCUT2D eigenvalue weighted by Crippen LogP contribution is -2.49. The standard InChI is InChI=1S/C17H20F3N3O/c1-11-9-21-6-7-23(11)10-15-12(2)24-16(22-15)13-4-3-5-14(8-13)17(18,19)20/h3-5,8,11,21H,6-7,9-10H2,1-2H3/t11-/m1/s1. The molecule has 0 aliphatic carbocycles. The average molecular weight is 339 g/mol. The van der Waals surface area contributed by atoms with Crippen molar-refractivity contribution in [2.24, 2.45) is 0 Å².